The van der Waals surface area contributed by atoms with Crippen LogP contribution in [0.15, 0.2) is 73.0 Å². The van der Waals surface area contributed by atoms with E-state index in [1.807, 2.05) is 6.08 Å². The lowest BCUT2D eigenvalue weighted by Crippen LogP contribution is -2.48. The van der Waals surface area contributed by atoms with Gasteiger partial charge in [-0.2, -0.15) is 18.2 Å². The second kappa shape index (κ2) is 10.2. The van der Waals surface area contributed by atoms with Crippen molar-refractivity contribution in [2.24, 2.45) is 5.92 Å². The number of carbonyl (C=O) groups is 2. The summed E-state index contributed by atoms with van der Waals surface area (Å²) in [6, 6.07) is 10.8. The Balaban J connectivity index is 1.71. The average Bonchev–Trinajstić information content (AvgIpc) is 3.13. The molecule has 0 spiro atoms. The van der Waals surface area contributed by atoms with E-state index in [9.17, 15) is 27.9 Å². The average molecular weight is 602 g/mol. The normalized spacial score (nSPS) is 22.4. The number of rotatable bonds is 5. The molecule has 6 nitrogen and oxygen atoms in total. The van der Waals surface area contributed by atoms with E-state index >= 15 is 0 Å². The zero-order chi connectivity index (χ0) is 29.9. The number of hydrazine groups is 1. The fourth-order valence-corrected chi connectivity index (χ4v) is 6.28. The van der Waals surface area contributed by atoms with E-state index in [1.54, 1.807) is 56.3 Å². The van der Waals surface area contributed by atoms with Crippen LogP contribution in [0.25, 0.3) is 0 Å². The van der Waals surface area contributed by atoms with Gasteiger partial charge in [0.05, 0.1) is 21.9 Å². The van der Waals surface area contributed by atoms with Gasteiger partial charge in [0.1, 0.15) is 5.75 Å². The summed E-state index contributed by atoms with van der Waals surface area (Å²) in [6.45, 7) is 7.45. The minimum Gasteiger partial charge on any atom is -0.507 e. The highest BCUT2D eigenvalue weighted by Gasteiger charge is 2.66. The molecule has 0 unspecified atom stereocenters. The Kier molecular flexibility index (Phi) is 7.16. The number of phenols is 1. The first-order chi connectivity index (χ1) is 19.3. The molecule has 0 bridgehead atoms. The molecular weight excluding hydrogens is 578 g/mol. The number of pyridine rings is 1. The van der Waals surface area contributed by atoms with Crippen LogP contribution in [0.4, 0.5) is 19.0 Å². The third-order valence-electron chi connectivity index (χ3n) is 7.79. The number of imide groups is 1. The van der Waals surface area contributed by atoms with Crippen LogP contribution in [0.5, 0.6) is 5.75 Å². The van der Waals surface area contributed by atoms with E-state index in [1.165, 1.54) is 0 Å². The van der Waals surface area contributed by atoms with Crippen molar-refractivity contribution in [1.82, 2.24) is 9.99 Å². The smallest absolute Gasteiger partial charge is 0.417 e. The number of hydrogen-bond acceptors (Lipinski definition) is 5. The number of anilines is 1. The molecule has 5 rings (SSSR count). The number of allylic oxidation sites excluding steroid dienone is 3. The number of carbonyl (C=O) groups excluding carboxylic acids is 2. The number of halogens is 5. The van der Waals surface area contributed by atoms with Crippen molar-refractivity contribution in [3.63, 3.8) is 0 Å². The number of alkyl halides is 3. The summed E-state index contributed by atoms with van der Waals surface area (Å²) in [6.07, 6.45) is -0.427. The molecular formula is C30H24Cl2F3N3O3. The Morgan fingerprint density at radius 3 is 2.32 bits per heavy atom. The van der Waals surface area contributed by atoms with Gasteiger partial charge in [-0.05, 0) is 66.3 Å². The van der Waals surface area contributed by atoms with Gasteiger partial charge in [0.25, 0.3) is 11.8 Å². The highest BCUT2D eigenvalue weighted by Crippen LogP contribution is 2.58. The van der Waals surface area contributed by atoms with Gasteiger partial charge in [0.15, 0.2) is 5.82 Å². The highest BCUT2D eigenvalue weighted by molar-refractivity contribution is 6.33. The van der Waals surface area contributed by atoms with E-state index < -0.39 is 45.8 Å². The topological polar surface area (TPSA) is 82.5 Å². The number of nitrogens with one attached hydrogen (secondary N) is 1. The van der Waals surface area contributed by atoms with E-state index in [0.717, 1.165) is 5.01 Å². The lowest BCUT2D eigenvalue weighted by atomic mass is 9.56. The third kappa shape index (κ3) is 4.57. The number of aromatic hydroxyl groups is 1. The van der Waals surface area contributed by atoms with Crippen molar-refractivity contribution in [2.75, 3.05) is 5.43 Å². The van der Waals surface area contributed by atoms with Crippen LogP contribution in [0.3, 0.4) is 0 Å². The van der Waals surface area contributed by atoms with Gasteiger partial charge in [-0.3, -0.25) is 15.0 Å². The maximum atomic E-state index is 14.6. The van der Waals surface area contributed by atoms with E-state index in [4.69, 9.17) is 23.2 Å². The summed E-state index contributed by atoms with van der Waals surface area (Å²) in [4.78, 5) is 32.4. The minimum atomic E-state index is -4.68. The minimum absolute atomic E-state index is 0.117. The molecule has 212 valence electrons. The van der Waals surface area contributed by atoms with Crippen molar-refractivity contribution in [2.45, 2.75) is 37.8 Å². The van der Waals surface area contributed by atoms with Crippen molar-refractivity contribution in [3.8, 4) is 5.75 Å². The first-order valence-electron chi connectivity index (χ1n) is 12.6. The monoisotopic (exact) mass is 601 g/mol. The zero-order valence-electron chi connectivity index (χ0n) is 21.9. The number of benzene rings is 2. The molecule has 41 heavy (non-hydrogen) atoms. The summed E-state index contributed by atoms with van der Waals surface area (Å²) < 4.78 is 39.5. The summed E-state index contributed by atoms with van der Waals surface area (Å²) in [5, 5.41) is 11.3. The maximum Gasteiger partial charge on any atom is 0.417 e. The molecule has 2 aromatic carbocycles. The van der Waals surface area contributed by atoms with Gasteiger partial charge in [-0.15, -0.1) is 0 Å². The largest absolute Gasteiger partial charge is 0.507 e. The number of aryl methyl sites for hydroxylation is 2. The molecule has 3 aromatic rings. The molecule has 2 amide bonds. The van der Waals surface area contributed by atoms with Crippen LogP contribution in [-0.4, -0.2) is 26.9 Å². The Morgan fingerprint density at radius 2 is 1.76 bits per heavy atom. The Hall–Kier alpha value is -3.82. The van der Waals surface area contributed by atoms with Gasteiger partial charge in [-0.1, -0.05) is 66.2 Å². The number of phenolic OH excluding ortho intramolecular Hbond substituents is 1. The van der Waals surface area contributed by atoms with Crippen LogP contribution < -0.4 is 5.43 Å². The summed E-state index contributed by atoms with van der Waals surface area (Å²) in [7, 11) is 0. The molecule has 2 N–H and O–H groups in total. The summed E-state index contributed by atoms with van der Waals surface area (Å²) >= 11 is 12.3. The van der Waals surface area contributed by atoms with Crippen molar-refractivity contribution < 1.29 is 27.9 Å². The van der Waals surface area contributed by atoms with Crippen molar-refractivity contribution in [3.05, 3.63) is 111 Å². The molecule has 1 aromatic heterocycles. The van der Waals surface area contributed by atoms with Crippen LogP contribution >= 0.6 is 23.2 Å². The van der Waals surface area contributed by atoms with Crippen LogP contribution in [0, 0.1) is 19.8 Å². The molecule has 11 heteroatoms. The number of fused-ring (bicyclic) bond motifs is 1. The highest BCUT2D eigenvalue weighted by atomic mass is 35.5. The van der Waals surface area contributed by atoms with Crippen LogP contribution in [0.2, 0.25) is 10.0 Å². The number of hydrogen-bond donors (Lipinski definition) is 2. The van der Waals surface area contributed by atoms with Gasteiger partial charge < -0.3 is 5.11 Å². The summed E-state index contributed by atoms with van der Waals surface area (Å²) in [5.41, 5.74) is 3.09. The molecule has 1 aliphatic heterocycles. The predicted octanol–water partition coefficient (Wildman–Crippen LogP) is 7.28. The molecule has 3 atom stereocenters. The zero-order valence-corrected chi connectivity index (χ0v) is 23.4. The molecule has 2 heterocycles. The molecule has 1 fully saturated rings. The molecule has 0 saturated carbocycles. The fourth-order valence-electron chi connectivity index (χ4n) is 5.95. The lowest BCUT2D eigenvalue weighted by Gasteiger charge is -2.43. The van der Waals surface area contributed by atoms with Crippen molar-refractivity contribution >= 4 is 40.8 Å². The maximum absolute atomic E-state index is 14.6. The van der Waals surface area contributed by atoms with Crippen LogP contribution in [0.1, 0.15) is 40.2 Å². The molecule has 2 aliphatic rings. The SMILES string of the molecule is C=CC1=CC[C@H]2C(=O)N(Nc3ncc(C(F)(F)F)cc3Cl)C(=O)[C@@]2(c2ccc(Cl)cc2)[C@H]1c1cc(C)c(O)c(C)c1. The lowest BCUT2D eigenvalue weighted by molar-refractivity contribution is -0.139. The van der Waals surface area contributed by atoms with E-state index in [0.29, 0.717) is 45.1 Å². The second-order valence-corrected chi connectivity index (χ2v) is 11.0. The molecule has 1 aliphatic carbocycles. The first kappa shape index (κ1) is 28.7. The van der Waals surface area contributed by atoms with Gasteiger partial charge in [0.2, 0.25) is 0 Å². The summed E-state index contributed by atoms with van der Waals surface area (Å²) in [5.74, 6) is -3.02. The number of nitrogens with zero attached hydrogens (tertiary/aromatic N) is 2. The molecule has 0 radical (unpaired) electrons. The Morgan fingerprint density at radius 1 is 1.12 bits per heavy atom. The van der Waals surface area contributed by atoms with Crippen LogP contribution in [-0.2, 0) is 21.2 Å². The van der Waals surface area contributed by atoms with Gasteiger partial charge in [-0.25, -0.2) is 4.98 Å². The first-order valence-corrected chi connectivity index (χ1v) is 13.3. The third-order valence-corrected chi connectivity index (χ3v) is 8.33. The van der Waals surface area contributed by atoms with E-state index in [-0.39, 0.29) is 18.0 Å². The fraction of sp³-hybridized carbons (Fsp3) is 0.233. The number of aromatic nitrogens is 1. The Labute approximate surface area is 244 Å². The van der Waals surface area contributed by atoms with Crippen molar-refractivity contribution in [1.29, 1.82) is 0 Å². The predicted molar refractivity (Wildman–Crippen MR) is 150 cm³/mol. The quantitative estimate of drug-likeness (QED) is 0.300. The second-order valence-electron chi connectivity index (χ2n) is 10.2. The molecule has 1 saturated heterocycles. The van der Waals surface area contributed by atoms with E-state index in [2.05, 4.69) is 17.0 Å². The standard InChI is InChI=1S/C30H24Cl2F3N3O3/c1-4-17-5-10-22-27(40)38(37-26-23(32)13-20(14-36-26)30(33,34)35)28(41)29(22,19-6-8-21(31)9-7-19)24(17)18-11-15(2)25(39)16(3)12-18/h4-9,11-14,22,24,39H,1,10H2,2-3H3,(H,36,37)/t22-,24+,29+/m0/s1. The number of amides is 2. The van der Waals surface area contributed by atoms with Gasteiger partial charge >= 0.3 is 6.18 Å². The van der Waals surface area contributed by atoms with Gasteiger partial charge in [0, 0.05) is 17.1 Å². The Bertz CT molecular complexity index is 1600.